The van der Waals surface area contributed by atoms with Crippen LogP contribution >= 0.6 is 0 Å². The summed E-state index contributed by atoms with van der Waals surface area (Å²) in [7, 11) is 1.79. The highest BCUT2D eigenvalue weighted by Crippen LogP contribution is 2.39. The fourth-order valence-electron chi connectivity index (χ4n) is 2.88. The van der Waals surface area contributed by atoms with Crippen molar-refractivity contribution in [2.75, 3.05) is 0 Å². The molecule has 0 radical (unpaired) electrons. The molecule has 4 aromatic rings. The van der Waals surface area contributed by atoms with Crippen LogP contribution in [0.2, 0.25) is 0 Å². The van der Waals surface area contributed by atoms with Crippen LogP contribution in [0.5, 0.6) is 5.95 Å². The van der Waals surface area contributed by atoms with Gasteiger partial charge in [0.1, 0.15) is 5.58 Å². The van der Waals surface area contributed by atoms with Crippen LogP contribution in [0.1, 0.15) is 5.69 Å². The largest absolute Gasteiger partial charge is 0.479 e. The van der Waals surface area contributed by atoms with Crippen molar-refractivity contribution < 1.29 is 9.52 Å². The summed E-state index contributed by atoms with van der Waals surface area (Å²) in [6, 6.07) is 16.4. The van der Waals surface area contributed by atoms with Crippen LogP contribution in [0.25, 0.3) is 16.7 Å². The predicted molar refractivity (Wildman–Crippen MR) is 97.8 cm³/mol. The number of aromatic nitrogens is 2. The average Bonchev–Trinajstić information content (AvgIpc) is 3.08. The maximum absolute atomic E-state index is 12.8. The number of hydrogen-bond acceptors (Lipinski definition) is 5. The van der Waals surface area contributed by atoms with Gasteiger partial charge in [-0.1, -0.05) is 30.3 Å². The number of fused-ring (bicyclic) bond motifs is 1. The summed E-state index contributed by atoms with van der Waals surface area (Å²) in [5.41, 5.74) is 2.03. The molecule has 7 heteroatoms. The molecule has 0 aliphatic heterocycles. The van der Waals surface area contributed by atoms with E-state index in [1.807, 2.05) is 36.4 Å². The van der Waals surface area contributed by atoms with Crippen molar-refractivity contribution in [3.8, 4) is 11.6 Å². The van der Waals surface area contributed by atoms with Gasteiger partial charge in [0, 0.05) is 7.05 Å². The Hall–Kier alpha value is -3.61. The van der Waals surface area contributed by atoms with E-state index in [1.165, 1.54) is 4.68 Å². The third-order valence-electron chi connectivity index (χ3n) is 4.33. The van der Waals surface area contributed by atoms with Gasteiger partial charge in [0.05, 0.1) is 16.8 Å². The SMILES string of the molecule is Cc1c(N=Nc2c(O)oc3ccccc23)c(=O)n(-c2ccccc2)n1C. The van der Waals surface area contributed by atoms with Crippen LogP contribution in [-0.2, 0) is 7.05 Å². The molecule has 4 rings (SSSR count). The molecule has 1 N–H and O–H groups in total. The molecule has 2 heterocycles. The second kappa shape index (κ2) is 6.03. The zero-order valence-electron chi connectivity index (χ0n) is 14.2. The average molecular weight is 348 g/mol. The zero-order valence-corrected chi connectivity index (χ0v) is 14.2. The van der Waals surface area contributed by atoms with Gasteiger partial charge >= 0.3 is 5.95 Å². The molecule has 0 fully saturated rings. The molecule has 130 valence electrons. The van der Waals surface area contributed by atoms with Gasteiger partial charge in [-0.05, 0) is 31.2 Å². The Balaban J connectivity index is 1.83. The molecule has 0 spiro atoms. The third-order valence-corrected chi connectivity index (χ3v) is 4.33. The first-order valence-electron chi connectivity index (χ1n) is 8.04. The minimum atomic E-state index is -0.327. The highest BCUT2D eigenvalue weighted by Gasteiger charge is 2.17. The van der Waals surface area contributed by atoms with Gasteiger partial charge in [0.2, 0.25) is 0 Å². The van der Waals surface area contributed by atoms with Crippen molar-refractivity contribution in [2.24, 2.45) is 17.3 Å². The number of hydrogen-bond donors (Lipinski definition) is 1. The Labute approximate surface area is 148 Å². The molecular weight excluding hydrogens is 332 g/mol. The van der Waals surface area contributed by atoms with E-state index < -0.39 is 0 Å². The summed E-state index contributed by atoms with van der Waals surface area (Å²) in [4.78, 5) is 12.8. The van der Waals surface area contributed by atoms with E-state index in [0.29, 0.717) is 16.7 Å². The summed E-state index contributed by atoms with van der Waals surface area (Å²) in [6.45, 7) is 1.79. The van der Waals surface area contributed by atoms with E-state index >= 15 is 0 Å². The number of para-hydroxylation sites is 2. The van der Waals surface area contributed by atoms with E-state index in [2.05, 4.69) is 10.2 Å². The summed E-state index contributed by atoms with van der Waals surface area (Å²) in [5, 5.41) is 18.8. The van der Waals surface area contributed by atoms with E-state index in [-0.39, 0.29) is 22.9 Å². The molecule has 0 atom stereocenters. The molecule has 7 nitrogen and oxygen atoms in total. The number of rotatable bonds is 3. The van der Waals surface area contributed by atoms with Gasteiger partial charge in [0.15, 0.2) is 11.4 Å². The van der Waals surface area contributed by atoms with E-state index in [9.17, 15) is 9.90 Å². The predicted octanol–water partition coefficient (Wildman–Crippen LogP) is 4.35. The van der Waals surface area contributed by atoms with Crippen LogP contribution < -0.4 is 5.56 Å². The highest BCUT2D eigenvalue weighted by molar-refractivity contribution is 5.91. The van der Waals surface area contributed by atoms with Crippen LogP contribution in [0.4, 0.5) is 11.4 Å². The monoisotopic (exact) mass is 348 g/mol. The van der Waals surface area contributed by atoms with Gasteiger partial charge in [-0.25, -0.2) is 4.68 Å². The van der Waals surface area contributed by atoms with Gasteiger partial charge in [-0.2, -0.15) is 0 Å². The molecular formula is C19H16N4O3. The topological polar surface area (TPSA) is 85.0 Å². The Morgan fingerprint density at radius 1 is 0.962 bits per heavy atom. The maximum atomic E-state index is 12.8. The number of aromatic hydroxyl groups is 1. The minimum absolute atomic E-state index is 0.203. The molecule has 0 unspecified atom stereocenters. The summed E-state index contributed by atoms with van der Waals surface area (Å²) in [6.07, 6.45) is 0. The fourth-order valence-corrected chi connectivity index (χ4v) is 2.88. The Kier molecular flexibility index (Phi) is 3.69. The first-order valence-corrected chi connectivity index (χ1v) is 8.04. The van der Waals surface area contributed by atoms with Crippen LogP contribution in [-0.4, -0.2) is 14.5 Å². The minimum Gasteiger partial charge on any atom is -0.479 e. The van der Waals surface area contributed by atoms with Crippen molar-refractivity contribution in [2.45, 2.75) is 6.92 Å². The number of furan rings is 1. The molecule has 2 aromatic heterocycles. The molecule has 0 saturated heterocycles. The Morgan fingerprint density at radius 3 is 2.38 bits per heavy atom. The third kappa shape index (κ3) is 2.41. The van der Waals surface area contributed by atoms with Crippen molar-refractivity contribution in [3.63, 3.8) is 0 Å². The lowest BCUT2D eigenvalue weighted by molar-refractivity contribution is 0.348. The van der Waals surface area contributed by atoms with Gasteiger partial charge in [0.25, 0.3) is 5.56 Å². The molecule has 0 aliphatic rings. The van der Waals surface area contributed by atoms with Gasteiger partial charge < -0.3 is 9.52 Å². The van der Waals surface area contributed by atoms with Gasteiger partial charge in [-0.15, -0.1) is 10.2 Å². The van der Waals surface area contributed by atoms with Crippen LogP contribution in [0.15, 0.2) is 74.0 Å². The number of nitrogens with zero attached hydrogens (tertiary/aromatic N) is 4. The maximum Gasteiger partial charge on any atom is 0.311 e. The standard InChI is InChI=1S/C19H16N4O3/c1-12-16(18(24)23(22(12)2)13-8-4-3-5-9-13)20-21-17-14-10-6-7-11-15(14)26-19(17)25/h3-11,25H,1-2H3. The van der Waals surface area contributed by atoms with Crippen molar-refractivity contribution in [3.05, 3.63) is 70.6 Å². The summed E-state index contributed by atoms with van der Waals surface area (Å²) < 4.78 is 8.51. The zero-order chi connectivity index (χ0) is 18.3. The van der Waals surface area contributed by atoms with E-state index in [0.717, 1.165) is 5.69 Å². The molecule has 0 aliphatic carbocycles. The first kappa shape index (κ1) is 15.9. The molecule has 0 bridgehead atoms. The van der Waals surface area contributed by atoms with Crippen molar-refractivity contribution in [1.29, 1.82) is 0 Å². The summed E-state index contributed by atoms with van der Waals surface area (Å²) >= 11 is 0. The smallest absolute Gasteiger partial charge is 0.311 e. The second-order valence-corrected chi connectivity index (χ2v) is 5.86. The summed E-state index contributed by atoms with van der Waals surface area (Å²) in [5.74, 6) is -0.327. The second-order valence-electron chi connectivity index (χ2n) is 5.86. The Bertz CT molecular complexity index is 1180. The molecule has 0 amide bonds. The van der Waals surface area contributed by atoms with Crippen molar-refractivity contribution >= 4 is 22.3 Å². The lowest BCUT2D eigenvalue weighted by Crippen LogP contribution is -2.19. The number of benzene rings is 2. The van der Waals surface area contributed by atoms with Crippen LogP contribution in [0.3, 0.4) is 0 Å². The fraction of sp³-hybridized carbons (Fsp3) is 0.105. The normalized spacial score (nSPS) is 11.6. The molecule has 26 heavy (non-hydrogen) atoms. The quantitative estimate of drug-likeness (QED) is 0.559. The molecule has 2 aromatic carbocycles. The Morgan fingerprint density at radius 2 is 1.62 bits per heavy atom. The van der Waals surface area contributed by atoms with Crippen molar-refractivity contribution in [1.82, 2.24) is 9.36 Å². The lowest BCUT2D eigenvalue weighted by Gasteiger charge is -2.07. The lowest BCUT2D eigenvalue weighted by atomic mass is 10.2. The van der Waals surface area contributed by atoms with E-state index in [1.54, 1.807) is 36.9 Å². The van der Waals surface area contributed by atoms with Gasteiger partial charge in [-0.3, -0.25) is 9.48 Å². The van der Waals surface area contributed by atoms with E-state index in [4.69, 9.17) is 4.42 Å². The number of azo groups is 1. The first-order chi connectivity index (χ1) is 12.6. The molecule has 0 saturated carbocycles. The highest BCUT2D eigenvalue weighted by atomic mass is 16.5. The van der Waals surface area contributed by atoms with Crippen LogP contribution in [0, 0.1) is 6.92 Å².